The van der Waals surface area contributed by atoms with E-state index < -0.39 is 5.97 Å². The Labute approximate surface area is 115 Å². The van der Waals surface area contributed by atoms with Crippen molar-refractivity contribution >= 4 is 5.97 Å². The molecule has 0 saturated heterocycles. The predicted octanol–water partition coefficient (Wildman–Crippen LogP) is 3.82. The first-order valence-electron chi connectivity index (χ1n) is 5.87. The quantitative estimate of drug-likeness (QED) is 0.816. The van der Waals surface area contributed by atoms with Gasteiger partial charge in [-0.2, -0.15) is 0 Å². The number of carboxylic acids is 1. The molecule has 0 saturated carbocycles. The molecule has 0 amide bonds. The van der Waals surface area contributed by atoms with Crippen molar-refractivity contribution in [1.29, 1.82) is 0 Å². The van der Waals surface area contributed by atoms with Gasteiger partial charge in [-0.05, 0) is 29.0 Å². The summed E-state index contributed by atoms with van der Waals surface area (Å²) in [6.07, 6.45) is 0.291. The third-order valence-corrected chi connectivity index (χ3v) is 2.89. The lowest BCUT2D eigenvalue weighted by Gasteiger charge is -2.22. The third-order valence-electron chi connectivity index (χ3n) is 2.89. The Morgan fingerprint density at radius 2 is 1.84 bits per heavy atom. The number of aromatic hydroxyl groups is 1. The first kappa shape index (κ1) is 17.2. The summed E-state index contributed by atoms with van der Waals surface area (Å²) in [6.45, 7) is 11.4. The van der Waals surface area contributed by atoms with Gasteiger partial charge in [0.05, 0.1) is 0 Å². The summed E-state index contributed by atoms with van der Waals surface area (Å²) in [5.74, 6) is -0.703. The van der Waals surface area contributed by atoms with Crippen molar-refractivity contribution < 1.29 is 15.0 Å². The number of carbonyl (C=O) groups is 1. The van der Waals surface area contributed by atoms with Gasteiger partial charge in [-0.3, -0.25) is 0 Å². The summed E-state index contributed by atoms with van der Waals surface area (Å²) >= 11 is 0. The largest absolute Gasteiger partial charge is 0.507 e. The van der Waals surface area contributed by atoms with E-state index in [2.05, 4.69) is 6.58 Å². The van der Waals surface area contributed by atoms with Gasteiger partial charge in [0.1, 0.15) is 5.75 Å². The lowest BCUT2D eigenvalue weighted by Crippen LogP contribution is -2.13. The van der Waals surface area contributed by atoms with E-state index in [1.165, 1.54) is 0 Å². The van der Waals surface area contributed by atoms with E-state index in [1.54, 1.807) is 6.07 Å². The summed E-state index contributed by atoms with van der Waals surface area (Å²) < 4.78 is 0. The highest BCUT2D eigenvalue weighted by Gasteiger charge is 2.20. The van der Waals surface area contributed by atoms with Gasteiger partial charge in [0, 0.05) is 12.0 Å². The van der Waals surface area contributed by atoms with Crippen LogP contribution in [0, 0.1) is 6.92 Å². The third kappa shape index (κ3) is 4.12. The Morgan fingerprint density at radius 3 is 2.26 bits per heavy atom. The van der Waals surface area contributed by atoms with Crippen LogP contribution in [0.25, 0.3) is 0 Å². The SMILES string of the molecule is C.C=C(Cc1cc(C)c(O)c(C(C)(C)C)c1)C(=O)O. The van der Waals surface area contributed by atoms with Gasteiger partial charge in [0.15, 0.2) is 0 Å². The minimum Gasteiger partial charge on any atom is -0.507 e. The molecule has 3 heteroatoms. The average molecular weight is 264 g/mol. The van der Waals surface area contributed by atoms with Gasteiger partial charge in [-0.25, -0.2) is 4.79 Å². The molecule has 2 N–H and O–H groups in total. The molecular weight excluding hydrogens is 240 g/mol. The zero-order valence-electron chi connectivity index (χ0n) is 11.4. The molecule has 0 heterocycles. The standard InChI is InChI=1S/C15H20O3.CH4/c1-9-6-11(7-10(2)14(17)18)8-12(13(9)16)15(3,4)5;/h6,8,16H,2,7H2,1,3-5H3,(H,17,18);1H4. The van der Waals surface area contributed by atoms with Crippen molar-refractivity contribution in [2.45, 2.75) is 47.0 Å². The fourth-order valence-corrected chi connectivity index (χ4v) is 1.85. The molecule has 1 aromatic rings. The first-order chi connectivity index (χ1) is 8.12. The second-order valence-corrected chi connectivity index (χ2v) is 5.64. The van der Waals surface area contributed by atoms with Gasteiger partial charge in [0.25, 0.3) is 0 Å². The second-order valence-electron chi connectivity index (χ2n) is 5.64. The maximum absolute atomic E-state index is 10.8. The minimum atomic E-state index is -0.988. The number of hydrogen-bond donors (Lipinski definition) is 2. The lowest BCUT2D eigenvalue weighted by atomic mass is 9.83. The van der Waals surface area contributed by atoms with Crippen LogP contribution in [0.5, 0.6) is 5.75 Å². The van der Waals surface area contributed by atoms with Crippen molar-refractivity contribution in [3.05, 3.63) is 41.0 Å². The van der Waals surface area contributed by atoms with Gasteiger partial charge in [-0.1, -0.05) is 46.9 Å². The molecule has 0 fully saturated rings. The number of hydrogen-bond acceptors (Lipinski definition) is 2. The molecule has 0 unspecified atom stereocenters. The molecule has 0 aliphatic carbocycles. The zero-order valence-corrected chi connectivity index (χ0v) is 11.4. The zero-order chi connectivity index (χ0) is 14.1. The van der Waals surface area contributed by atoms with Crippen molar-refractivity contribution in [3.8, 4) is 5.75 Å². The van der Waals surface area contributed by atoms with Crippen LogP contribution in [0.4, 0.5) is 0 Å². The maximum Gasteiger partial charge on any atom is 0.331 e. The lowest BCUT2D eigenvalue weighted by molar-refractivity contribution is -0.132. The van der Waals surface area contributed by atoms with E-state index in [4.69, 9.17) is 5.11 Å². The topological polar surface area (TPSA) is 57.5 Å². The summed E-state index contributed by atoms with van der Waals surface area (Å²) in [5.41, 5.74) is 2.42. The minimum absolute atomic E-state index is 0. The first-order valence-corrected chi connectivity index (χ1v) is 5.87. The Hall–Kier alpha value is -1.77. The molecule has 0 bridgehead atoms. The van der Waals surface area contributed by atoms with Crippen LogP contribution in [-0.2, 0) is 16.6 Å². The number of aryl methyl sites for hydroxylation is 1. The monoisotopic (exact) mass is 264 g/mol. The van der Waals surface area contributed by atoms with E-state index in [9.17, 15) is 9.90 Å². The number of phenols is 1. The molecular formula is C16H24O3. The van der Waals surface area contributed by atoms with Gasteiger partial charge in [0.2, 0.25) is 0 Å². The van der Waals surface area contributed by atoms with Crippen LogP contribution in [-0.4, -0.2) is 16.2 Å². The van der Waals surface area contributed by atoms with Crippen LogP contribution in [0.15, 0.2) is 24.3 Å². The van der Waals surface area contributed by atoms with E-state index in [1.807, 2.05) is 33.8 Å². The highest BCUT2D eigenvalue weighted by Crippen LogP contribution is 2.34. The Bertz CT molecular complexity index is 493. The van der Waals surface area contributed by atoms with Crippen molar-refractivity contribution in [1.82, 2.24) is 0 Å². The molecule has 0 atom stereocenters. The van der Waals surface area contributed by atoms with Crippen LogP contribution in [0.1, 0.15) is 44.9 Å². The van der Waals surface area contributed by atoms with Gasteiger partial charge < -0.3 is 10.2 Å². The van der Waals surface area contributed by atoms with Gasteiger partial charge in [-0.15, -0.1) is 0 Å². The molecule has 0 aliphatic rings. The fourth-order valence-electron chi connectivity index (χ4n) is 1.85. The normalized spacial score (nSPS) is 10.7. The fraction of sp³-hybridized carbons (Fsp3) is 0.438. The summed E-state index contributed by atoms with van der Waals surface area (Å²) in [6, 6.07) is 3.66. The molecule has 0 radical (unpaired) electrons. The highest BCUT2D eigenvalue weighted by molar-refractivity contribution is 5.86. The van der Waals surface area contributed by atoms with E-state index in [0.29, 0.717) is 6.42 Å². The molecule has 1 aromatic carbocycles. The van der Waals surface area contributed by atoms with Crippen LogP contribution in [0.3, 0.4) is 0 Å². The number of phenolic OH excluding ortho intramolecular Hbond substituents is 1. The molecule has 1 rings (SSSR count). The van der Waals surface area contributed by atoms with Crippen molar-refractivity contribution in [2.75, 3.05) is 0 Å². The van der Waals surface area contributed by atoms with E-state index >= 15 is 0 Å². The predicted molar refractivity (Wildman–Crippen MR) is 78.8 cm³/mol. The van der Waals surface area contributed by atoms with E-state index in [0.717, 1.165) is 16.7 Å². The molecule has 19 heavy (non-hydrogen) atoms. The number of carboxylic acid groups (broad SMARTS) is 1. The van der Waals surface area contributed by atoms with Crippen LogP contribution in [0.2, 0.25) is 0 Å². The number of aliphatic carboxylic acids is 1. The van der Waals surface area contributed by atoms with E-state index in [-0.39, 0.29) is 24.2 Å². The second kappa shape index (κ2) is 5.91. The number of benzene rings is 1. The Balaban J connectivity index is 0.00000324. The molecule has 0 aliphatic heterocycles. The Kier molecular flexibility index (Phi) is 5.36. The highest BCUT2D eigenvalue weighted by atomic mass is 16.4. The Morgan fingerprint density at radius 1 is 1.32 bits per heavy atom. The molecule has 0 spiro atoms. The van der Waals surface area contributed by atoms with Gasteiger partial charge >= 0.3 is 5.97 Å². The smallest absolute Gasteiger partial charge is 0.331 e. The van der Waals surface area contributed by atoms with Crippen LogP contribution < -0.4 is 0 Å². The molecule has 3 nitrogen and oxygen atoms in total. The average Bonchev–Trinajstić information content (AvgIpc) is 2.21. The molecule has 106 valence electrons. The summed E-state index contributed by atoms with van der Waals surface area (Å²) in [7, 11) is 0. The van der Waals surface area contributed by atoms with Crippen molar-refractivity contribution in [3.63, 3.8) is 0 Å². The van der Waals surface area contributed by atoms with Crippen molar-refractivity contribution in [2.24, 2.45) is 0 Å². The number of rotatable bonds is 3. The maximum atomic E-state index is 10.8. The summed E-state index contributed by atoms with van der Waals surface area (Å²) in [4.78, 5) is 10.8. The molecule has 0 aromatic heterocycles. The summed E-state index contributed by atoms with van der Waals surface area (Å²) in [5, 5.41) is 18.9. The van der Waals surface area contributed by atoms with Crippen LogP contribution >= 0.6 is 0 Å².